The van der Waals surface area contributed by atoms with Gasteiger partial charge in [-0.05, 0) is 24.3 Å². The fourth-order valence-corrected chi connectivity index (χ4v) is 3.83. The van der Waals surface area contributed by atoms with Gasteiger partial charge in [0.05, 0.1) is 14.2 Å². The Morgan fingerprint density at radius 1 is 1.24 bits per heavy atom. The van der Waals surface area contributed by atoms with Gasteiger partial charge in [0.15, 0.2) is 0 Å². The molecule has 0 saturated heterocycles. The van der Waals surface area contributed by atoms with E-state index in [-0.39, 0.29) is 16.5 Å². The van der Waals surface area contributed by atoms with Crippen LogP contribution >= 0.6 is 34.5 Å². The van der Waals surface area contributed by atoms with Crippen molar-refractivity contribution in [2.75, 3.05) is 0 Å². The first-order valence-corrected chi connectivity index (χ1v) is 8.53. The molecule has 0 spiro atoms. The van der Waals surface area contributed by atoms with Crippen LogP contribution in [0.1, 0.15) is 4.88 Å². The van der Waals surface area contributed by atoms with E-state index in [1.807, 2.05) is 0 Å². The van der Waals surface area contributed by atoms with Crippen LogP contribution in [-0.2, 0) is 16.6 Å². The molecule has 2 aromatic rings. The number of benzene rings is 1. The Labute approximate surface area is 134 Å². The highest BCUT2D eigenvalue weighted by Crippen LogP contribution is 2.27. The van der Waals surface area contributed by atoms with E-state index in [1.54, 1.807) is 12.1 Å². The summed E-state index contributed by atoms with van der Waals surface area (Å²) in [6.45, 7) is 0.0517. The molecule has 0 aliphatic heterocycles. The van der Waals surface area contributed by atoms with Crippen molar-refractivity contribution in [3.8, 4) is 0 Å². The van der Waals surface area contributed by atoms with Crippen molar-refractivity contribution in [3.05, 3.63) is 54.7 Å². The molecular formula is C11H8Cl2N2O4S2. The maximum Gasteiger partial charge on any atom is 0.289 e. The number of hydrogen-bond acceptors (Lipinski definition) is 5. The van der Waals surface area contributed by atoms with E-state index in [4.69, 9.17) is 23.2 Å². The van der Waals surface area contributed by atoms with Gasteiger partial charge in [0, 0.05) is 17.5 Å². The highest BCUT2D eigenvalue weighted by molar-refractivity contribution is 7.89. The summed E-state index contributed by atoms with van der Waals surface area (Å²) in [5, 5.41) is 10.7. The van der Waals surface area contributed by atoms with Gasteiger partial charge < -0.3 is 0 Å². The molecule has 0 bridgehead atoms. The third-order valence-electron chi connectivity index (χ3n) is 2.49. The SMILES string of the molecule is O=[N+]([O-])c1cc(S(=O)(=O)NCc2ccc(Cl)s2)ccc1Cl. The average Bonchev–Trinajstić information content (AvgIpc) is 2.82. The Morgan fingerprint density at radius 3 is 2.52 bits per heavy atom. The van der Waals surface area contributed by atoms with E-state index in [1.165, 1.54) is 23.5 Å². The molecule has 112 valence electrons. The molecule has 0 radical (unpaired) electrons. The van der Waals surface area contributed by atoms with Crippen molar-refractivity contribution in [1.29, 1.82) is 0 Å². The second kappa shape index (κ2) is 6.29. The molecule has 0 fully saturated rings. The van der Waals surface area contributed by atoms with Gasteiger partial charge in [0.25, 0.3) is 5.69 Å². The molecule has 0 aliphatic carbocycles. The summed E-state index contributed by atoms with van der Waals surface area (Å²) < 4.78 is 27.1. The largest absolute Gasteiger partial charge is 0.289 e. The maximum atomic E-state index is 12.1. The molecule has 2 rings (SSSR count). The van der Waals surface area contributed by atoms with Gasteiger partial charge in [-0.3, -0.25) is 10.1 Å². The minimum atomic E-state index is -3.87. The van der Waals surface area contributed by atoms with Gasteiger partial charge >= 0.3 is 0 Å². The van der Waals surface area contributed by atoms with E-state index >= 15 is 0 Å². The Hall–Kier alpha value is -1.19. The number of nitro groups is 1. The lowest BCUT2D eigenvalue weighted by Gasteiger charge is -2.06. The van der Waals surface area contributed by atoms with Crippen molar-refractivity contribution in [1.82, 2.24) is 4.72 Å². The lowest BCUT2D eigenvalue weighted by molar-refractivity contribution is -0.384. The number of nitrogens with zero attached hydrogens (tertiary/aromatic N) is 1. The quantitative estimate of drug-likeness (QED) is 0.648. The molecular weight excluding hydrogens is 359 g/mol. The standard InChI is InChI=1S/C11H8Cl2N2O4S2/c12-9-3-2-8(5-10(9)15(16)17)21(18,19)14-6-7-1-4-11(13)20-7/h1-5,14H,6H2. The summed E-state index contributed by atoms with van der Waals surface area (Å²) in [4.78, 5) is 10.5. The van der Waals surface area contributed by atoms with E-state index in [2.05, 4.69) is 4.72 Å². The van der Waals surface area contributed by atoms with Crippen molar-refractivity contribution in [2.45, 2.75) is 11.4 Å². The zero-order valence-corrected chi connectivity index (χ0v) is 13.4. The highest BCUT2D eigenvalue weighted by Gasteiger charge is 2.20. The van der Waals surface area contributed by atoms with Crippen LogP contribution in [0.3, 0.4) is 0 Å². The molecule has 1 heterocycles. The van der Waals surface area contributed by atoms with Crippen LogP contribution in [-0.4, -0.2) is 13.3 Å². The summed E-state index contributed by atoms with van der Waals surface area (Å²) in [7, 11) is -3.87. The van der Waals surface area contributed by atoms with Crippen molar-refractivity contribution in [3.63, 3.8) is 0 Å². The van der Waals surface area contributed by atoms with Crippen LogP contribution < -0.4 is 4.72 Å². The van der Waals surface area contributed by atoms with Crippen molar-refractivity contribution < 1.29 is 13.3 Å². The first kappa shape index (κ1) is 16.2. The van der Waals surface area contributed by atoms with Crippen LogP contribution in [0.5, 0.6) is 0 Å². The third kappa shape index (κ3) is 3.92. The molecule has 0 atom stereocenters. The maximum absolute atomic E-state index is 12.1. The van der Waals surface area contributed by atoms with E-state index in [9.17, 15) is 18.5 Å². The lowest BCUT2D eigenvalue weighted by Crippen LogP contribution is -2.22. The first-order valence-electron chi connectivity index (χ1n) is 5.47. The Balaban J connectivity index is 2.23. The van der Waals surface area contributed by atoms with Gasteiger partial charge in [0.2, 0.25) is 10.0 Å². The Bertz CT molecular complexity index is 789. The van der Waals surface area contributed by atoms with Gasteiger partial charge in [-0.15, -0.1) is 11.3 Å². The first-order chi connectivity index (χ1) is 9.79. The molecule has 6 nitrogen and oxygen atoms in total. The van der Waals surface area contributed by atoms with Crippen LogP contribution in [0.15, 0.2) is 35.2 Å². The van der Waals surface area contributed by atoms with Gasteiger partial charge in [-0.1, -0.05) is 23.2 Å². The van der Waals surface area contributed by atoms with E-state index in [0.29, 0.717) is 4.34 Å². The molecule has 10 heteroatoms. The number of halogens is 2. The molecule has 0 aliphatic rings. The predicted octanol–water partition coefficient (Wildman–Crippen LogP) is 3.44. The number of thiophene rings is 1. The lowest BCUT2D eigenvalue weighted by atomic mass is 10.3. The number of hydrogen-bond donors (Lipinski definition) is 1. The summed E-state index contributed by atoms with van der Waals surface area (Å²) >= 11 is 12.6. The summed E-state index contributed by atoms with van der Waals surface area (Å²) in [6.07, 6.45) is 0. The van der Waals surface area contributed by atoms with E-state index < -0.39 is 20.6 Å². The predicted molar refractivity (Wildman–Crippen MR) is 81.5 cm³/mol. The highest BCUT2D eigenvalue weighted by atomic mass is 35.5. The third-order valence-corrected chi connectivity index (χ3v) is 5.44. The number of nitro benzene ring substituents is 1. The molecule has 0 amide bonds. The van der Waals surface area contributed by atoms with Crippen LogP contribution in [0, 0.1) is 10.1 Å². The van der Waals surface area contributed by atoms with Crippen molar-refractivity contribution >= 4 is 50.2 Å². The monoisotopic (exact) mass is 366 g/mol. The van der Waals surface area contributed by atoms with Crippen molar-refractivity contribution in [2.24, 2.45) is 0 Å². The summed E-state index contributed by atoms with van der Waals surface area (Å²) in [6, 6.07) is 6.66. The number of rotatable bonds is 5. The second-order valence-corrected chi connectivity index (χ2v) is 7.87. The molecule has 1 aromatic heterocycles. The number of nitrogens with one attached hydrogen (secondary N) is 1. The molecule has 0 unspecified atom stereocenters. The summed E-state index contributed by atoms with van der Waals surface area (Å²) in [5.74, 6) is 0. The molecule has 21 heavy (non-hydrogen) atoms. The topological polar surface area (TPSA) is 89.3 Å². The minimum absolute atomic E-state index is 0.0517. The minimum Gasteiger partial charge on any atom is -0.258 e. The van der Waals surface area contributed by atoms with Gasteiger partial charge in [-0.25, -0.2) is 13.1 Å². The second-order valence-electron chi connectivity index (χ2n) is 3.90. The Morgan fingerprint density at radius 2 is 1.95 bits per heavy atom. The smallest absolute Gasteiger partial charge is 0.258 e. The average molecular weight is 367 g/mol. The fraction of sp³-hybridized carbons (Fsp3) is 0.0909. The van der Waals surface area contributed by atoms with Gasteiger partial charge in [0.1, 0.15) is 5.02 Å². The molecule has 0 saturated carbocycles. The Kier molecular flexibility index (Phi) is 4.84. The van der Waals surface area contributed by atoms with E-state index in [0.717, 1.165) is 10.9 Å². The van der Waals surface area contributed by atoms with Crippen LogP contribution in [0.4, 0.5) is 5.69 Å². The van der Waals surface area contributed by atoms with Crippen LogP contribution in [0.25, 0.3) is 0 Å². The zero-order chi connectivity index (χ0) is 15.6. The van der Waals surface area contributed by atoms with Gasteiger partial charge in [-0.2, -0.15) is 0 Å². The number of sulfonamides is 1. The molecule has 1 N–H and O–H groups in total. The molecule has 1 aromatic carbocycles. The van der Waals surface area contributed by atoms with Crippen LogP contribution in [0.2, 0.25) is 9.36 Å². The normalized spacial score (nSPS) is 11.5. The summed E-state index contributed by atoms with van der Waals surface area (Å²) in [5.41, 5.74) is -0.460. The zero-order valence-electron chi connectivity index (χ0n) is 10.2. The fourth-order valence-electron chi connectivity index (χ4n) is 1.50.